The summed E-state index contributed by atoms with van der Waals surface area (Å²) in [6.07, 6.45) is -1.96. The second-order valence-corrected chi connectivity index (χ2v) is 6.18. The number of benzene rings is 2. The number of carbonyl (C=O) groups excluding carboxylic acids is 1. The van der Waals surface area contributed by atoms with Crippen LogP contribution in [0.4, 0.5) is 13.2 Å². The summed E-state index contributed by atoms with van der Waals surface area (Å²) >= 11 is 0. The first-order valence-electron chi connectivity index (χ1n) is 8.32. The molecule has 144 valence electrons. The van der Waals surface area contributed by atoms with E-state index in [0.29, 0.717) is 16.7 Å². The molecule has 0 saturated heterocycles. The molecule has 0 aliphatic heterocycles. The number of alkyl halides is 3. The van der Waals surface area contributed by atoms with Crippen molar-refractivity contribution in [3.8, 4) is 0 Å². The van der Waals surface area contributed by atoms with Gasteiger partial charge in [-0.15, -0.1) is 0 Å². The molecule has 8 heteroatoms. The maximum atomic E-state index is 12.7. The van der Waals surface area contributed by atoms with Gasteiger partial charge >= 0.3 is 6.18 Å². The zero-order valence-electron chi connectivity index (χ0n) is 14.8. The highest BCUT2D eigenvalue weighted by molar-refractivity contribution is 5.91. The number of nitrogens with one attached hydrogen (secondary N) is 1. The average Bonchev–Trinajstić information content (AvgIpc) is 2.65. The minimum atomic E-state index is -4.45. The molecule has 0 aliphatic rings. The number of aromatic nitrogens is 2. The minimum Gasteiger partial charge on any atom is -0.335 e. The quantitative estimate of drug-likeness (QED) is 0.696. The highest BCUT2D eigenvalue weighted by atomic mass is 19.4. The van der Waals surface area contributed by atoms with Crippen LogP contribution in [0.15, 0.2) is 59.4 Å². The summed E-state index contributed by atoms with van der Waals surface area (Å²) in [5.41, 5.74) is -0.315. The smallest absolute Gasteiger partial charge is 0.335 e. The lowest BCUT2D eigenvalue weighted by atomic mass is 10.1. The maximum Gasteiger partial charge on any atom is 0.416 e. The molecule has 28 heavy (non-hydrogen) atoms. The number of para-hydroxylation sites is 1. The second kappa shape index (κ2) is 7.67. The third-order valence-corrected chi connectivity index (χ3v) is 4.06. The number of likely N-dealkylation sites (N-methyl/N-ethyl adjacent to an activating group) is 1. The van der Waals surface area contributed by atoms with Gasteiger partial charge in [0.25, 0.3) is 5.56 Å². The molecule has 5 nitrogen and oxygen atoms in total. The topological polar surface area (TPSA) is 66.1 Å². The Kier molecular flexibility index (Phi) is 5.30. The number of amides is 1. The van der Waals surface area contributed by atoms with Crippen LogP contribution < -0.4 is 5.56 Å². The predicted octanol–water partition coefficient (Wildman–Crippen LogP) is 3.61. The zero-order chi connectivity index (χ0) is 20.3. The van der Waals surface area contributed by atoms with Crippen LogP contribution in [0.3, 0.4) is 0 Å². The predicted molar refractivity (Wildman–Crippen MR) is 99.3 cm³/mol. The van der Waals surface area contributed by atoms with Gasteiger partial charge in [0.1, 0.15) is 5.82 Å². The largest absolute Gasteiger partial charge is 0.416 e. The molecule has 0 bridgehead atoms. The van der Waals surface area contributed by atoms with E-state index in [-0.39, 0.29) is 17.7 Å². The Morgan fingerprint density at radius 3 is 2.68 bits per heavy atom. The standard InChI is InChI=1S/C20H16F3N3O2/c1-26(12-17-24-16-8-3-2-7-15(16)19(28)25-17)18(27)10-9-13-5-4-6-14(11-13)20(21,22)23/h2-11H,12H2,1H3,(H,24,25,28). The van der Waals surface area contributed by atoms with Crippen molar-refractivity contribution in [1.29, 1.82) is 0 Å². The van der Waals surface area contributed by atoms with E-state index >= 15 is 0 Å². The summed E-state index contributed by atoms with van der Waals surface area (Å²) in [4.78, 5) is 32.6. The normalized spacial score (nSPS) is 11.9. The Bertz CT molecular complexity index is 1100. The lowest BCUT2D eigenvalue weighted by molar-refractivity contribution is -0.137. The molecule has 2 aromatic carbocycles. The van der Waals surface area contributed by atoms with Gasteiger partial charge in [0.15, 0.2) is 0 Å². The molecule has 0 aliphatic carbocycles. The van der Waals surface area contributed by atoms with E-state index in [4.69, 9.17) is 0 Å². The molecule has 3 aromatic rings. The fourth-order valence-electron chi connectivity index (χ4n) is 2.63. The molecule has 0 atom stereocenters. The second-order valence-electron chi connectivity index (χ2n) is 6.18. The Labute approximate surface area is 158 Å². The number of fused-ring (bicyclic) bond motifs is 1. The van der Waals surface area contributed by atoms with Crippen LogP contribution in [0.2, 0.25) is 0 Å². The van der Waals surface area contributed by atoms with Crippen molar-refractivity contribution in [2.24, 2.45) is 0 Å². The average molecular weight is 387 g/mol. The number of hydrogen-bond acceptors (Lipinski definition) is 3. The molecule has 1 heterocycles. The first-order chi connectivity index (χ1) is 13.2. The van der Waals surface area contributed by atoms with Crippen LogP contribution in [-0.2, 0) is 17.5 Å². The number of rotatable bonds is 4. The monoisotopic (exact) mass is 387 g/mol. The molecule has 1 amide bonds. The van der Waals surface area contributed by atoms with Gasteiger partial charge in [0.05, 0.1) is 23.0 Å². The number of hydrogen-bond donors (Lipinski definition) is 1. The summed E-state index contributed by atoms with van der Waals surface area (Å²) in [5.74, 6) is -0.125. The van der Waals surface area contributed by atoms with E-state index in [1.165, 1.54) is 36.2 Å². The lowest BCUT2D eigenvalue weighted by Gasteiger charge is -2.14. The van der Waals surface area contributed by atoms with Gasteiger partial charge in [-0.3, -0.25) is 9.59 Å². The minimum absolute atomic E-state index is 0.0475. The molecular weight excluding hydrogens is 371 g/mol. The molecule has 0 fully saturated rings. The summed E-state index contributed by atoms with van der Waals surface area (Å²) in [5, 5.41) is 0.449. The molecule has 0 unspecified atom stereocenters. The van der Waals surface area contributed by atoms with E-state index in [2.05, 4.69) is 9.97 Å². The number of H-pyrrole nitrogens is 1. The van der Waals surface area contributed by atoms with Gasteiger partial charge < -0.3 is 9.88 Å². The van der Waals surface area contributed by atoms with Crippen molar-refractivity contribution < 1.29 is 18.0 Å². The van der Waals surface area contributed by atoms with Crippen molar-refractivity contribution in [3.63, 3.8) is 0 Å². The van der Waals surface area contributed by atoms with Crippen LogP contribution in [0.5, 0.6) is 0 Å². The fourth-order valence-corrected chi connectivity index (χ4v) is 2.63. The van der Waals surface area contributed by atoms with Gasteiger partial charge in [-0.1, -0.05) is 24.3 Å². The van der Waals surface area contributed by atoms with Crippen LogP contribution >= 0.6 is 0 Å². The van der Waals surface area contributed by atoms with Gasteiger partial charge in [-0.05, 0) is 35.9 Å². The van der Waals surface area contributed by atoms with E-state index < -0.39 is 17.6 Å². The summed E-state index contributed by atoms with van der Waals surface area (Å²) in [6, 6.07) is 11.5. The van der Waals surface area contributed by atoms with Gasteiger partial charge in [-0.25, -0.2) is 4.98 Å². The summed E-state index contributed by atoms with van der Waals surface area (Å²) in [7, 11) is 1.51. The molecule has 0 saturated carbocycles. The Balaban J connectivity index is 1.73. The highest BCUT2D eigenvalue weighted by Gasteiger charge is 2.30. The lowest BCUT2D eigenvalue weighted by Crippen LogP contribution is -2.26. The number of aromatic amines is 1. The van der Waals surface area contributed by atoms with Crippen LogP contribution in [0.25, 0.3) is 17.0 Å². The number of nitrogens with zero attached hydrogens (tertiary/aromatic N) is 2. The SMILES string of the molecule is CN(Cc1nc2ccccc2c(=O)[nH]1)C(=O)C=Cc1cccc(C(F)(F)F)c1. The molecule has 1 aromatic heterocycles. The molecular formula is C20H16F3N3O2. The number of halogens is 3. The van der Waals surface area contributed by atoms with E-state index in [9.17, 15) is 22.8 Å². The van der Waals surface area contributed by atoms with Crippen molar-refractivity contribution >= 4 is 22.9 Å². The fraction of sp³-hybridized carbons (Fsp3) is 0.150. The van der Waals surface area contributed by atoms with Crippen LogP contribution in [0, 0.1) is 0 Å². The summed E-state index contributed by atoms with van der Waals surface area (Å²) in [6.45, 7) is 0.0475. The first-order valence-corrected chi connectivity index (χ1v) is 8.32. The third-order valence-electron chi connectivity index (χ3n) is 4.06. The van der Waals surface area contributed by atoms with Crippen LogP contribution in [0.1, 0.15) is 17.0 Å². The molecule has 0 spiro atoms. The summed E-state index contributed by atoms with van der Waals surface area (Å²) < 4.78 is 38.2. The van der Waals surface area contributed by atoms with Gasteiger partial charge in [-0.2, -0.15) is 13.2 Å². The maximum absolute atomic E-state index is 12.7. The molecule has 1 N–H and O–H groups in total. The van der Waals surface area contributed by atoms with Crippen molar-refractivity contribution in [2.45, 2.75) is 12.7 Å². The Morgan fingerprint density at radius 2 is 1.93 bits per heavy atom. The molecule has 0 radical (unpaired) electrons. The third kappa shape index (κ3) is 4.46. The Hall–Kier alpha value is -3.42. The van der Waals surface area contributed by atoms with Gasteiger partial charge in [0.2, 0.25) is 5.91 Å². The van der Waals surface area contributed by atoms with Crippen molar-refractivity contribution in [3.05, 3.63) is 81.9 Å². The van der Waals surface area contributed by atoms with Crippen molar-refractivity contribution in [2.75, 3.05) is 7.05 Å². The van der Waals surface area contributed by atoms with Gasteiger partial charge in [0, 0.05) is 13.1 Å². The first kappa shape index (κ1) is 19.3. The highest BCUT2D eigenvalue weighted by Crippen LogP contribution is 2.29. The van der Waals surface area contributed by atoms with Crippen LogP contribution in [-0.4, -0.2) is 27.8 Å². The zero-order valence-corrected chi connectivity index (χ0v) is 14.8. The van der Waals surface area contributed by atoms with E-state index in [1.54, 1.807) is 24.3 Å². The van der Waals surface area contributed by atoms with E-state index in [0.717, 1.165) is 12.1 Å². The van der Waals surface area contributed by atoms with E-state index in [1.807, 2.05) is 0 Å². The number of carbonyl (C=O) groups is 1. The Morgan fingerprint density at radius 1 is 1.18 bits per heavy atom. The molecule has 3 rings (SSSR count). The van der Waals surface area contributed by atoms with Crippen molar-refractivity contribution in [1.82, 2.24) is 14.9 Å².